The van der Waals surface area contributed by atoms with E-state index in [0.717, 1.165) is 16.3 Å². The fraction of sp³-hybridized carbons (Fsp3) is 0.250. The topological polar surface area (TPSA) is 80.9 Å². The molecule has 0 saturated heterocycles. The van der Waals surface area contributed by atoms with Gasteiger partial charge >= 0.3 is 0 Å². The number of thioether (sulfide) groups is 1. The molecule has 0 atom stereocenters. The van der Waals surface area contributed by atoms with Gasteiger partial charge in [-0.2, -0.15) is 0 Å². The molecule has 1 amide bonds. The number of carbonyl (C=O) groups is 1. The first kappa shape index (κ1) is 16.7. The van der Waals surface area contributed by atoms with Crippen LogP contribution in [-0.2, 0) is 12.2 Å². The summed E-state index contributed by atoms with van der Waals surface area (Å²) in [7, 11) is 1.62. The van der Waals surface area contributed by atoms with E-state index < -0.39 is 0 Å². The van der Waals surface area contributed by atoms with Crippen LogP contribution in [0.4, 0.5) is 0 Å². The van der Waals surface area contributed by atoms with Crippen LogP contribution < -0.4 is 5.32 Å². The van der Waals surface area contributed by atoms with Gasteiger partial charge in [-0.05, 0) is 24.6 Å². The number of hydrogen-bond acceptors (Lipinski definition) is 7. The maximum Gasteiger partial charge on any atom is 0.276 e. The summed E-state index contributed by atoms with van der Waals surface area (Å²) in [6.45, 7) is 1.97. The minimum atomic E-state index is -0.0968. The zero-order valence-corrected chi connectivity index (χ0v) is 14.9. The molecule has 0 unspecified atom stereocenters. The Hall–Kier alpha value is -2.19. The van der Waals surface area contributed by atoms with Crippen LogP contribution in [0.3, 0.4) is 0 Å². The van der Waals surface area contributed by atoms with Crippen LogP contribution in [0.15, 0.2) is 39.3 Å². The number of rotatable bonds is 6. The van der Waals surface area contributed by atoms with Gasteiger partial charge in [-0.25, -0.2) is 4.98 Å². The minimum Gasteiger partial charge on any atom is -0.416 e. The van der Waals surface area contributed by atoms with Crippen molar-refractivity contribution in [3.63, 3.8) is 0 Å². The number of amides is 1. The number of carbonyl (C=O) groups excluding carboxylic acids is 1. The van der Waals surface area contributed by atoms with E-state index in [1.807, 2.05) is 30.5 Å². The summed E-state index contributed by atoms with van der Waals surface area (Å²) in [5, 5.41) is 14.3. The molecule has 1 aromatic carbocycles. The van der Waals surface area contributed by atoms with E-state index in [-0.39, 0.29) is 5.91 Å². The van der Waals surface area contributed by atoms with Gasteiger partial charge in [-0.15, -0.1) is 21.5 Å². The Balaban J connectivity index is 1.60. The van der Waals surface area contributed by atoms with Crippen LogP contribution in [0.5, 0.6) is 0 Å². The molecule has 0 fully saturated rings. The first-order chi connectivity index (χ1) is 11.6. The Labute approximate surface area is 147 Å². The lowest BCUT2D eigenvalue weighted by Crippen LogP contribution is -2.17. The Morgan fingerprint density at radius 3 is 3.00 bits per heavy atom. The summed E-state index contributed by atoms with van der Waals surface area (Å²) in [6.07, 6.45) is 0.546. The molecule has 3 aromatic rings. The predicted octanol–water partition coefficient (Wildman–Crippen LogP) is 3.08. The molecule has 0 spiro atoms. The maximum atomic E-state index is 11.7. The summed E-state index contributed by atoms with van der Waals surface area (Å²) in [5.41, 5.74) is 2.60. The van der Waals surface area contributed by atoms with Crippen LogP contribution in [0.25, 0.3) is 0 Å². The predicted molar refractivity (Wildman–Crippen MR) is 93.3 cm³/mol. The van der Waals surface area contributed by atoms with E-state index in [4.69, 9.17) is 4.42 Å². The lowest BCUT2D eigenvalue weighted by Gasteiger charge is -2.02. The van der Waals surface area contributed by atoms with E-state index in [1.165, 1.54) is 11.8 Å². The van der Waals surface area contributed by atoms with Crippen LogP contribution in [0.2, 0.25) is 0 Å². The molecule has 1 N–H and O–H groups in total. The van der Waals surface area contributed by atoms with E-state index in [0.29, 0.717) is 28.9 Å². The molecule has 6 nitrogen and oxygen atoms in total. The summed E-state index contributed by atoms with van der Waals surface area (Å²) < 4.78 is 5.64. The lowest BCUT2D eigenvalue weighted by molar-refractivity contribution is 0.0963. The number of hydrogen-bond donors (Lipinski definition) is 1. The number of benzene rings is 1. The zero-order valence-electron chi connectivity index (χ0n) is 13.3. The lowest BCUT2D eigenvalue weighted by atomic mass is 10.1. The molecule has 0 radical (unpaired) electrons. The Bertz CT molecular complexity index is 844. The van der Waals surface area contributed by atoms with Gasteiger partial charge in [-0.1, -0.05) is 23.9 Å². The van der Waals surface area contributed by atoms with E-state index in [1.54, 1.807) is 24.5 Å². The van der Waals surface area contributed by atoms with Gasteiger partial charge in [0.05, 0.1) is 17.1 Å². The summed E-state index contributed by atoms with van der Waals surface area (Å²) >= 11 is 3.05. The highest BCUT2D eigenvalue weighted by molar-refractivity contribution is 7.98. The Kier molecular flexibility index (Phi) is 5.27. The van der Waals surface area contributed by atoms with Crippen molar-refractivity contribution >= 4 is 29.0 Å². The number of nitrogens with zero attached hydrogens (tertiary/aromatic N) is 3. The average Bonchev–Trinajstić information content (AvgIpc) is 3.21. The van der Waals surface area contributed by atoms with Crippen molar-refractivity contribution in [2.75, 3.05) is 7.05 Å². The molecule has 0 bridgehead atoms. The van der Waals surface area contributed by atoms with Gasteiger partial charge in [0, 0.05) is 23.7 Å². The van der Waals surface area contributed by atoms with Gasteiger partial charge in [0.1, 0.15) is 0 Å². The molecule has 2 heterocycles. The van der Waals surface area contributed by atoms with Gasteiger partial charge in [0.15, 0.2) is 0 Å². The van der Waals surface area contributed by atoms with Crippen LogP contribution in [0.1, 0.15) is 32.5 Å². The zero-order chi connectivity index (χ0) is 16.9. The number of aromatic nitrogens is 3. The SMILES string of the molecule is CNC(=O)c1cccc(CSc2nnc(Cc3csc(C)n3)o2)c1. The summed E-state index contributed by atoms with van der Waals surface area (Å²) in [4.78, 5) is 16.0. The third-order valence-corrected chi connectivity index (χ3v) is 4.94. The van der Waals surface area contributed by atoms with Gasteiger partial charge in [0.25, 0.3) is 11.1 Å². The molecule has 0 saturated carbocycles. The van der Waals surface area contributed by atoms with Crippen molar-refractivity contribution in [2.45, 2.75) is 24.3 Å². The second kappa shape index (κ2) is 7.59. The Morgan fingerprint density at radius 1 is 1.38 bits per heavy atom. The van der Waals surface area contributed by atoms with Crippen LogP contribution in [-0.4, -0.2) is 28.1 Å². The third-order valence-electron chi connectivity index (χ3n) is 3.23. The molecule has 24 heavy (non-hydrogen) atoms. The van der Waals surface area contributed by atoms with Crippen molar-refractivity contribution in [1.29, 1.82) is 0 Å². The first-order valence-corrected chi connectivity index (χ1v) is 9.18. The fourth-order valence-corrected chi connectivity index (χ4v) is 3.44. The highest BCUT2D eigenvalue weighted by Crippen LogP contribution is 2.23. The highest BCUT2D eigenvalue weighted by Gasteiger charge is 2.10. The van der Waals surface area contributed by atoms with Crippen molar-refractivity contribution in [2.24, 2.45) is 0 Å². The van der Waals surface area contributed by atoms with Gasteiger partial charge < -0.3 is 9.73 Å². The Morgan fingerprint density at radius 2 is 2.25 bits per heavy atom. The van der Waals surface area contributed by atoms with Crippen molar-refractivity contribution < 1.29 is 9.21 Å². The molecule has 0 aliphatic carbocycles. The van der Waals surface area contributed by atoms with E-state index in [9.17, 15) is 4.79 Å². The molecule has 124 valence electrons. The van der Waals surface area contributed by atoms with Crippen molar-refractivity contribution in [1.82, 2.24) is 20.5 Å². The number of aryl methyl sites for hydroxylation is 1. The second-order valence-corrected chi connectivity index (χ2v) is 7.05. The molecule has 2 aromatic heterocycles. The summed E-state index contributed by atoms with van der Waals surface area (Å²) in [6, 6.07) is 7.48. The second-order valence-electron chi connectivity index (χ2n) is 5.06. The van der Waals surface area contributed by atoms with E-state index in [2.05, 4.69) is 20.5 Å². The van der Waals surface area contributed by atoms with Crippen LogP contribution in [0, 0.1) is 6.92 Å². The average molecular weight is 360 g/mol. The fourth-order valence-electron chi connectivity index (χ4n) is 2.10. The molecule has 3 rings (SSSR count). The van der Waals surface area contributed by atoms with Crippen molar-refractivity contribution in [3.8, 4) is 0 Å². The molecular weight excluding hydrogens is 344 g/mol. The largest absolute Gasteiger partial charge is 0.416 e. The highest BCUT2D eigenvalue weighted by atomic mass is 32.2. The van der Waals surface area contributed by atoms with Crippen LogP contribution >= 0.6 is 23.1 Å². The van der Waals surface area contributed by atoms with E-state index >= 15 is 0 Å². The van der Waals surface area contributed by atoms with Crippen molar-refractivity contribution in [3.05, 3.63) is 57.4 Å². The smallest absolute Gasteiger partial charge is 0.276 e. The third kappa shape index (κ3) is 4.21. The number of nitrogens with one attached hydrogen (secondary N) is 1. The monoisotopic (exact) mass is 360 g/mol. The standard InChI is InChI=1S/C16H16N4O2S2/c1-10-18-13(9-23-10)7-14-19-20-16(22-14)24-8-11-4-3-5-12(6-11)15(21)17-2/h3-6,9H,7-8H2,1-2H3,(H,17,21). The normalized spacial score (nSPS) is 10.8. The maximum absolute atomic E-state index is 11.7. The number of thiazole rings is 1. The van der Waals surface area contributed by atoms with Gasteiger partial charge in [-0.3, -0.25) is 4.79 Å². The molecular formula is C16H16N4O2S2. The minimum absolute atomic E-state index is 0.0968. The quantitative estimate of drug-likeness (QED) is 0.681. The summed E-state index contributed by atoms with van der Waals surface area (Å²) in [5.74, 6) is 1.12. The molecule has 8 heteroatoms. The van der Waals surface area contributed by atoms with Gasteiger partial charge in [0.2, 0.25) is 5.89 Å². The molecule has 0 aliphatic rings. The molecule has 0 aliphatic heterocycles. The first-order valence-electron chi connectivity index (χ1n) is 7.31.